The van der Waals surface area contributed by atoms with Gasteiger partial charge in [-0.2, -0.15) is 20.3 Å². The normalized spacial score (nSPS) is 21.5. The molecule has 3 heterocycles. The number of carbonyl (C=O) groups excluding carboxylic acids is 1. The van der Waals surface area contributed by atoms with Crippen molar-refractivity contribution in [1.82, 2.24) is 24.6 Å². The number of nitrogens with zero attached hydrogens (tertiary/aromatic N) is 5. The number of carbonyl (C=O) groups is 1. The third-order valence-corrected chi connectivity index (χ3v) is 9.32. The highest BCUT2D eigenvalue weighted by molar-refractivity contribution is 7.52. The molecule has 5 atom stereocenters. The topological polar surface area (TPSA) is 186 Å². The van der Waals surface area contributed by atoms with Crippen LogP contribution in [-0.4, -0.2) is 57.5 Å². The summed E-state index contributed by atoms with van der Waals surface area (Å²) >= 11 is 0. The predicted octanol–water partition coefficient (Wildman–Crippen LogP) is 5.57. The van der Waals surface area contributed by atoms with Crippen LogP contribution in [-0.2, 0) is 23.4 Å². The molecule has 250 valence electrons. The number of ether oxygens (including phenoxy) is 3. The number of hydrogen-bond donors (Lipinski definition) is 2. The summed E-state index contributed by atoms with van der Waals surface area (Å²) < 4.78 is 44.9. The highest BCUT2D eigenvalue weighted by Crippen LogP contribution is 2.49. The highest BCUT2D eigenvalue weighted by Gasteiger charge is 2.48. The number of benzene rings is 1. The Morgan fingerprint density at radius 3 is 2.61 bits per heavy atom. The van der Waals surface area contributed by atoms with Crippen molar-refractivity contribution in [3.63, 3.8) is 0 Å². The van der Waals surface area contributed by atoms with Gasteiger partial charge in [-0.15, -0.1) is 0 Å². The van der Waals surface area contributed by atoms with Crippen LogP contribution in [0.2, 0.25) is 0 Å². The molecule has 1 unspecified atom stereocenters. The maximum atomic E-state index is 14.1. The maximum Gasteiger partial charge on any atom is 0.459 e. The first-order valence-corrected chi connectivity index (χ1v) is 17.2. The van der Waals surface area contributed by atoms with E-state index < -0.39 is 37.5 Å². The van der Waals surface area contributed by atoms with Gasteiger partial charge < -0.3 is 24.5 Å². The number of aromatic nitrogens is 4. The van der Waals surface area contributed by atoms with Crippen molar-refractivity contribution in [3.05, 3.63) is 36.7 Å². The number of nitrogens with one attached hydrogen (secondary N) is 1. The number of fused-ring (bicyclic) bond motifs is 1. The summed E-state index contributed by atoms with van der Waals surface area (Å²) in [5.41, 5.74) is 5.61. The summed E-state index contributed by atoms with van der Waals surface area (Å²) in [5.74, 6) is 0.191. The van der Waals surface area contributed by atoms with Gasteiger partial charge in [0.15, 0.2) is 17.4 Å². The molecule has 3 aromatic rings. The Hall–Kier alpha value is -3.76. The van der Waals surface area contributed by atoms with Crippen molar-refractivity contribution in [2.24, 2.45) is 11.3 Å². The molecule has 3 N–H and O–H groups in total. The van der Waals surface area contributed by atoms with E-state index in [1.807, 2.05) is 6.92 Å². The first kappa shape index (κ1) is 35.1. The fourth-order valence-corrected chi connectivity index (χ4v) is 7.00. The fourth-order valence-electron chi connectivity index (χ4n) is 5.48. The average Bonchev–Trinajstić information content (AvgIpc) is 3.60. The number of nitrogens with two attached hydrogens (primary N) is 1. The lowest BCUT2D eigenvalue weighted by atomic mass is 9.87. The third kappa shape index (κ3) is 8.53. The SMILES string of the molecule is CCCC(CCC)COC(=O)[C@H](C)NP(=O)(OC[C@@H]1C[C@@](C)(C#N)[C@H](n2cnc3c(OCC)nc(N)nc32)O1)Oc1ccccc1. The van der Waals surface area contributed by atoms with Crippen molar-refractivity contribution >= 4 is 30.8 Å². The molecule has 0 radical (unpaired) electrons. The minimum atomic E-state index is -4.15. The molecular weight excluding hydrogens is 613 g/mol. The number of hydrogen-bond acceptors (Lipinski definition) is 12. The van der Waals surface area contributed by atoms with Crippen LogP contribution in [0.5, 0.6) is 11.6 Å². The van der Waals surface area contributed by atoms with Gasteiger partial charge in [0.05, 0.1) is 38.3 Å². The second-order valence-electron chi connectivity index (χ2n) is 11.6. The van der Waals surface area contributed by atoms with E-state index in [2.05, 4.69) is 40.0 Å². The van der Waals surface area contributed by atoms with Crippen molar-refractivity contribution in [2.75, 3.05) is 25.6 Å². The fraction of sp³-hybridized carbons (Fsp3) is 0.581. The lowest BCUT2D eigenvalue weighted by molar-refractivity contribution is -0.146. The van der Waals surface area contributed by atoms with Crippen LogP contribution in [0.4, 0.5) is 5.95 Å². The number of nitrogen functional groups attached to an aromatic ring is 1. The smallest absolute Gasteiger partial charge is 0.459 e. The van der Waals surface area contributed by atoms with Crippen molar-refractivity contribution < 1.29 is 32.6 Å². The molecule has 1 fully saturated rings. The van der Waals surface area contributed by atoms with Gasteiger partial charge in [-0.05, 0) is 58.1 Å². The average molecular weight is 658 g/mol. The second kappa shape index (κ2) is 15.7. The van der Waals surface area contributed by atoms with Crippen molar-refractivity contribution in [2.45, 2.75) is 85.1 Å². The zero-order chi connectivity index (χ0) is 33.3. The molecule has 0 spiro atoms. The van der Waals surface area contributed by atoms with E-state index in [0.29, 0.717) is 17.8 Å². The van der Waals surface area contributed by atoms with Gasteiger partial charge in [-0.1, -0.05) is 44.9 Å². The molecule has 2 aromatic heterocycles. The summed E-state index contributed by atoms with van der Waals surface area (Å²) in [6.07, 6.45) is 4.09. The Balaban J connectivity index is 1.50. The van der Waals surface area contributed by atoms with Crippen molar-refractivity contribution in [3.8, 4) is 17.7 Å². The third-order valence-electron chi connectivity index (χ3n) is 7.67. The van der Waals surface area contributed by atoms with E-state index >= 15 is 0 Å². The van der Waals surface area contributed by atoms with Crippen LogP contribution in [0.25, 0.3) is 11.2 Å². The summed E-state index contributed by atoms with van der Waals surface area (Å²) in [7, 11) is -4.15. The molecule has 15 heteroatoms. The van der Waals surface area contributed by atoms with E-state index in [9.17, 15) is 14.6 Å². The van der Waals surface area contributed by atoms with Crippen LogP contribution in [0.1, 0.15) is 73.0 Å². The molecule has 4 rings (SSSR count). The number of para-hydroxylation sites is 1. The molecule has 1 aliphatic rings. The Bertz CT molecular complexity index is 1540. The van der Waals surface area contributed by atoms with Crippen LogP contribution < -0.4 is 20.1 Å². The first-order chi connectivity index (χ1) is 22.0. The Morgan fingerprint density at radius 2 is 1.96 bits per heavy atom. The quantitative estimate of drug-likeness (QED) is 0.136. The molecule has 1 aliphatic heterocycles. The van der Waals surface area contributed by atoms with Gasteiger partial charge >= 0.3 is 13.7 Å². The number of imidazole rings is 1. The van der Waals surface area contributed by atoms with E-state index in [1.54, 1.807) is 48.7 Å². The summed E-state index contributed by atoms with van der Waals surface area (Å²) in [6.45, 7) is 9.72. The van der Waals surface area contributed by atoms with E-state index in [0.717, 1.165) is 25.7 Å². The second-order valence-corrected chi connectivity index (χ2v) is 13.3. The van der Waals surface area contributed by atoms with Crippen LogP contribution in [0.15, 0.2) is 36.7 Å². The monoisotopic (exact) mass is 657 g/mol. The largest absolute Gasteiger partial charge is 0.476 e. The Labute approximate surface area is 269 Å². The molecule has 0 saturated carbocycles. The molecule has 14 nitrogen and oxygen atoms in total. The molecule has 0 amide bonds. The van der Waals surface area contributed by atoms with E-state index in [-0.39, 0.29) is 43.1 Å². The number of nitriles is 1. The first-order valence-electron chi connectivity index (χ1n) is 15.7. The van der Waals surface area contributed by atoms with Gasteiger partial charge in [0.2, 0.25) is 11.8 Å². The van der Waals surface area contributed by atoms with Gasteiger partial charge in [0.1, 0.15) is 17.2 Å². The van der Waals surface area contributed by atoms with Crippen molar-refractivity contribution in [1.29, 1.82) is 5.26 Å². The van der Waals surface area contributed by atoms with Gasteiger partial charge in [-0.3, -0.25) is 13.9 Å². The summed E-state index contributed by atoms with van der Waals surface area (Å²) in [4.78, 5) is 25.8. The zero-order valence-corrected chi connectivity index (χ0v) is 27.9. The minimum Gasteiger partial charge on any atom is -0.476 e. The number of esters is 1. The van der Waals surface area contributed by atoms with Gasteiger partial charge in [0.25, 0.3) is 0 Å². The minimum absolute atomic E-state index is 0.0155. The molecule has 1 saturated heterocycles. The summed E-state index contributed by atoms with van der Waals surface area (Å²) in [5, 5.41) is 12.9. The van der Waals surface area contributed by atoms with E-state index in [4.69, 9.17) is 29.0 Å². The van der Waals surface area contributed by atoms with Gasteiger partial charge in [0, 0.05) is 0 Å². The molecule has 0 bridgehead atoms. The highest BCUT2D eigenvalue weighted by atomic mass is 31.2. The van der Waals surface area contributed by atoms with Crippen LogP contribution in [0.3, 0.4) is 0 Å². The van der Waals surface area contributed by atoms with Crippen LogP contribution in [0, 0.1) is 22.7 Å². The van der Waals surface area contributed by atoms with E-state index in [1.165, 1.54) is 6.33 Å². The predicted molar refractivity (Wildman–Crippen MR) is 171 cm³/mol. The molecule has 46 heavy (non-hydrogen) atoms. The van der Waals surface area contributed by atoms with Gasteiger partial charge in [-0.25, -0.2) is 9.55 Å². The summed E-state index contributed by atoms with van der Waals surface area (Å²) in [6, 6.07) is 9.85. The molecule has 0 aliphatic carbocycles. The standard InChI is InChI=1S/C31H44N7O7P/c1-6-12-22(13-7-2)17-42-28(39)21(4)37-46(40,45-23-14-10-9-11-15-23)43-18-24-16-31(5,19-32)29(44-24)38-20-34-25-26(38)35-30(33)36-27(25)41-8-3/h9-11,14-15,20-22,24,29H,6-8,12-13,16-18H2,1-5H3,(H,37,40)(H2,33,35,36)/t21-,24-,29+,31-,46?/m0/s1. The molecular formula is C31H44N7O7P. The maximum absolute atomic E-state index is 14.1. The molecule has 1 aromatic carbocycles. The number of rotatable bonds is 17. The zero-order valence-electron chi connectivity index (χ0n) is 27.0. The Morgan fingerprint density at radius 1 is 1.24 bits per heavy atom. The Kier molecular flexibility index (Phi) is 12.0. The van der Waals surface area contributed by atoms with Crippen LogP contribution >= 0.6 is 7.75 Å². The number of anilines is 1. The lowest BCUT2D eigenvalue weighted by Gasteiger charge is -2.25. The lowest BCUT2D eigenvalue weighted by Crippen LogP contribution is -2.36.